The van der Waals surface area contributed by atoms with Crippen LogP contribution in [0.5, 0.6) is 0 Å². The van der Waals surface area contributed by atoms with Gasteiger partial charge in [0.15, 0.2) is 4.96 Å². The van der Waals surface area contributed by atoms with Gasteiger partial charge in [0.2, 0.25) is 0 Å². The number of carbonyl (C=O) groups is 1. The third-order valence-electron chi connectivity index (χ3n) is 3.85. The predicted molar refractivity (Wildman–Crippen MR) is 103 cm³/mol. The SMILES string of the molecule is CNc1snc(C)c1C(=O)Nc1ccc(-c2cn3ccsc3n2)cc1. The van der Waals surface area contributed by atoms with Crippen molar-refractivity contribution in [2.75, 3.05) is 17.7 Å². The number of carbonyl (C=O) groups excluding carboxylic acids is 1. The highest BCUT2D eigenvalue weighted by Crippen LogP contribution is 2.26. The summed E-state index contributed by atoms with van der Waals surface area (Å²) in [4.78, 5) is 18.1. The lowest BCUT2D eigenvalue weighted by Crippen LogP contribution is -2.13. The van der Waals surface area contributed by atoms with E-state index >= 15 is 0 Å². The molecule has 0 saturated carbocycles. The summed E-state index contributed by atoms with van der Waals surface area (Å²) in [6.45, 7) is 1.83. The molecule has 25 heavy (non-hydrogen) atoms. The zero-order valence-electron chi connectivity index (χ0n) is 13.6. The Hall–Kier alpha value is -2.71. The molecule has 0 unspecified atom stereocenters. The number of aromatic nitrogens is 3. The smallest absolute Gasteiger partial charge is 0.260 e. The molecule has 126 valence electrons. The van der Waals surface area contributed by atoms with Gasteiger partial charge in [-0.05, 0) is 30.6 Å². The topological polar surface area (TPSA) is 71.3 Å². The molecular formula is C17H15N5OS2. The van der Waals surface area contributed by atoms with Gasteiger partial charge >= 0.3 is 0 Å². The fraction of sp³-hybridized carbons (Fsp3) is 0.118. The van der Waals surface area contributed by atoms with Gasteiger partial charge < -0.3 is 10.6 Å². The predicted octanol–water partition coefficient (Wildman–Crippen LogP) is 4.12. The molecule has 0 saturated heterocycles. The van der Waals surface area contributed by atoms with Crippen molar-refractivity contribution in [2.45, 2.75) is 6.92 Å². The minimum atomic E-state index is -0.161. The second-order valence-corrected chi connectivity index (χ2v) is 7.12. The van der Waals surface area contributed by atoms with Crippen molar-refractivity contribution in [1.82, 2.24) is 13.8 Å². The Labute approximate surface area is 152 Å². The normalized spacial score (nSPS) is 11.0. The summed E-state index contributed by atoms with van der Waals surface area (Å²) in [5.41, 5.74) is 3.98. The Morgan fingerprint density at radius 3 is 2.76 bits per heavy atom. The first kappa shape index (κ1) is 15.8. The van der Waals surface area contributed by atoms with Crippen LogP contribution in [0.15, 0.2) is 42.0 Å². The van der Waals surface area contributed by atoms with Crippen LogP contribution in [-0.2, 0) is 0 Å². The van der Waals surface area contributed by atoms with Crippen LogP contribution >= 0.6 is 22.9 Å². The molecule has 1 aromatic carbocycles. The van der Waals surface area contributed by atoms with Crippen molar-refractivity contribution in [3.8, 4) is 11.3 Å². The molecule has 0 aliphatic carbocycles. The minimum Gasteiger partial charge on any atom is -0.378 e. The standard InChI is InChI=1S/C17H15N5OS2/c1-10-14(16(18-2)25-21-10)15(23)19-12-5-3-11(4-6-12)13-9-22-7-8-24-17(22)20-13/h3-9,18H,1-2H3,(H,19,23). The summed E-state index contributed by atoms with van der Waals surface area (Å²) in [6, 6.07) is 7.68. The summed E-state index contributed by atoms with van der Waals surface area (Å²) >= 11 is 2.89. The van der Waals surface area contributed by atoms with Crippen molar-refractivity contribution >= 4 is 44.4 Å². The van der Waals surface area contributed by atoms with Gasteiger partial charge in [-0.3, -0.25) is 9.20 Å². The summed E-state index contributed by atoms with van der Waals surface area (Å²) in [5.74, 6) is -0.161. The molecule has 0 atom stereocenters. The van der Waals surface area contributed by atoms with Crippen molar-refractivity contribution in [1.29, 1.82) is 0 Å². The molecule has 6 nitrogen and oxygen atoms in total. The number of nitrogens with zero attached hydrogens (tertiary/aromatic N) is 3. The van der Waals surface area contributed by atoms with Gasteiger partial charge in [-0.25, -0.2) is 4.98 Å². The molecule has 2 N–H and O–H groups in total. The molecule has 0 bridgehead atoms. The largest absolute Gasteiger partial charge is 0.378 e. The third kappa shape index (κ3) is 2.90. The Kier molecular flexibility index (Phi) is 3.98. The van der Waals surface area contributed by atoms with Crippen molar-refractivity contribution in [3.05, 3.63) is 53.3 Å². The zero-order valence-corrected chi connectivity index (χ0v) is 15.2. The molecule has 3 aromatic heterocycles. The number of hydrogen-bond acceptors (Lipinski definition) is 6. The average molecular weight is 369 g/mol. The van der Waals surface area contributed by atoms with Gasteiger partial charge in [0.25, 0.3) is 5.91 Å². The number of thiazole rings is 1. The lowest BCUT2D eigenvalue weighted by atomic mass is 10.1. The Balaban J connectivity index is 1.55. The van der Waals surface area contributed by atoms with Crippen LogP contribution in [0.3, 0.4) is 0 Å². The van der Waals surface area contributed by atoms with Gasteiger partial charge in [0, 0.05) is 36.1 Å². The van der Waals surface area contributed by atoms with E-state index in [0.717, 1.165) is 32.6 Å². The Bertz CT molecular complexity index is 1020. The van der Waals surface area contributed by atoms with Crippen LogP contribution in [0.25, 0.3) is 16.2 Å². The van der Waals surface area contributed by atoms with Gasteiger partial charge in [-0.15, -0.1) is 11.3 Å². The second-order valence-electron chi connectivity index (χ2n) is 5.47. The van der Waals surface area contributed by atoms with E-state index in [1.54, 1.807) is 18.4 Å². The van der Waals surface area contributed by atoms with E-state index in [-0.39, 0.29) is 5.91 Å². The monoisotopic (exact) mass is 369 g/mol. The summed E-state index contributed by atoms with van der Waals surface area (Å²) in [7, 11) is 1.79. The van der Waals surface area contributed by atoms with Gasteiger partial charge in [-0.1, -0.05) is 12.1 Å². The fourth-order valence-electron chi connectivity index (χ4n) is 2.59. The van der Waals surface area contributed by atoms with E-state index in [1.807, 2.05) is 53.4 Å². The van der Waals surface area contributed by atoms with Crippen LogP contribution in [0.1, 0.15) is 16.1 Å². The molecular weight excluding hydrogens is 354 g/mol. The average Bonchev–Trinajstić information content (AvgIpc) is 3.29. The van der Waals surface area contributed by atoms with Crippen molar-refractivity contribution in [3.63, 3.8) is 0 Å². The zero-order chi connectivity index (χ0) is 17.4. The quantitative estimate of drug-likeness (QED) is 0.568. The molecule has 4 aromatic rings. The molecule has 3 heterocycles. The lowest BCUT2D eigenvalue weighted by molar-refractivity contribution is 0.102. The maximum atomic E-state index is 12.5. The highest BCUT2D eigenvalue weighted by Gasteiger charge is 2.17. The molecule has 1 amide bonds. The number of hydrogen-bond donors (Lipinski definition) is 2. The highest BCUT2D eigenvalue weighted by atomic mass is 32.1. The van der Waals surface area contributed by atoms with E-state index in [2.05, 4.69) is 20.0 Å². The highest BCUT2D eigenvalue weighted by molar-refractivity contribution is 7.15. The van der Waals surface area contributed by atoms with Crippen LogP contribution in [-0.4, -0.2) is 26.7 Å². The Morgan fingerprint density at radius 1 is 1.24 bits per heavy atom. The fourth-order valence-corrected chi connectivity index (χ4v) is 4.03. The third-order valence-corrected chi connectivity index (χ3v) is 5.58. The number of nitrogens with one attached hydrogen (secondary N) is 2. The number of imidazole rings is 1. The van der Waals surface area contributed by atoms with E-state index in [0.29, 0.717) is 5.56 Å². The minimum absolute atomic E-state index is 0.161. The second kappa shape index (κ2) is 6.30. The molecule has 0 aliphatic rings. The van der Waals surface area contributed by atoms with E-state index < -0.39 is 0 Å². The van der Waals surface area contributed by atoms with Gasteiger partial charge in [-0.2, -0.15) is 4.37 Å². The summed E-state index contributed by atoms with van der Waals surface area (Å²) in [6.07, 6.45) is 3.99. The first-order valence-corrected chi connectivity index (χ1v) is 9.29. The number of aryl methyl sites for hydroxylation is 1. The van der Waals surface area contributed by atoms with Crippen LogP contribution < -0.4 is 10.6 Å². The lowest BCUT2D eigenvalue weighted by Gasteiger charge is -2.07. The number of amides is 1. The van der Waals surface area contributed by atoms with Crippen LogP contribution in [0.2, 0.25) is 0 Å². The first-order chi connectivity index (χ1) is 12.2. The van der Waals surface area contributed by atoms with Crippen molar-refractivity contribution < 1.29 is 4.79 Å². The maximum absolute atomic E-state index is 12.5. The first-order valence-electron chi connectivity index (χ1n) is 7.63. The van der Waals surface area contributed by atoms with Gasteiger partial charge in [0.05, 0.1) is 17.0 Å². The van der Waals surface area contributed by atoms with E-state index in [9.17, 15) is 4.79 Å². The Morgan fingerprint density at radius 2 is 2.04 bits per heavy atom. The van der Waals surface area contributed by atoms with Gasteiger partial charge in [0.1, 0.15) is 5.00 Å². The number of benzene rings is 1. The number of fused-ring (bicyclic) bond motifs is 1. The van der Waals surface area contributed by atoms with Crippen molar-refractivity contribution in [2.24, 2.45) is 0 Å². The van der Waals surface area contributed by atoms with E-state index in [4.69, 9.17) is 0 Å². The van der Waals surface area contributed by atoms with E-state index in [1.165, 1.54) is 11.5 Å². The molecule has 0 aliphatic heterocycles. The van der Waals surface area contributed by atoms with Crippen LogP contribution in [0, 0.1) is 6.92 Å². The summed E-state index contributed by atoms with van der Waals surface area (Å²) in [5, 5.41) is 8.71. The molecule has 0 spiro atoms. The maximum Gasteiger partial charge on any atom is 0.260 e. The van der Waals surface area contributed by atoms with Crippen LogP contribution in [0.4, 0.5) is 10.7 Å². The summed E-state index contributed by atoms with van der Waals surface area (Å²) < 4.78 is 6.23. The molecule has 0 fully saturated rings. The number of anilines is 2. The number of rotatable bonds is 4. The molecule has 8 heteroatoms. The molecule has 0 radical (unpaired) electrons. The molecule has 4 rings (SSSR count).